The van der Waals surface area contributed by atoms with E-state index < -0.39 is 5.97 Å². The third-order valence-corrected chi connectivity index (χ3v) is 1.68. The Kier molecular flexibility index (Phi) is 6.91. The minimum atomic E-state index is -1.11. The van der Waals surface area contributed by atoms with Gasteiger partial charge in [-0.1, -0.05) is 12.1 Å². The number of aliphatic hydroxyl groups excluding tert-OH is 1. The molecule has 1 aromatic rings. The molecule has 0 saturated heterocycles. The van der Waals surface area contributed by atoms with Crippen LogP contribution in [0.3, 0.4) is 0 Å². The van der Waals surface area contributed by atoms with Gasteiger partial charge in [0.05, 0.1) is 6.61 Å². The molecule has 0 aliphatic rings. The summed E-state index contributed by atoms with van der Waals surface area (Å²) in [6.45, 7) is 1.02. The maximum atomic E-state index is 10.3. The molecule has 5 heteroatoms. The third kappa shape index (κ3) is 6.00. The summed E-state index contributed by atoms with van der Waals surface area (Å²) in [5.41, 5.74) is -0.0671. The maximum absolute atomic E-state index is 10.3. The van der Waals surface area contributed by atoms with E-state index in [1.807, 2.05) is 19.0 Å². The fourth-order valence-electron chi connectivity index (χ4n) is 0.854. The van der Waals surface area contributed by atoms with Gasteiger partial charge in [0.25, 0.3) is 0 Å². The molecule has 0 aliphatic heterocycles. The van der Waals surface area contributed by atoms with Gasteiger partial charge in [-0.05, 0) is 26.2 Å². The van der Waals surface area contributed by atoms with E-state index in [0.717, 1.165) is 6.54 Å². The molecule has 0 bridgehead atoms. The van der Waals surface area contributed by atoms with Crippen LogP contribution in [-0.2, 0) is 0 Å². The number of para-hydroxylation sites is 1. The van der Waals surface area contributed by atoms with E-state index in [-0.39, 0.29) is 17.9 Å². The highest BCUT2D eigenvalue weighted by atomic mass is 16.4. The SMILES string of the molecule is CN(C)CCO.O=C(O)c1ccccc1O. The van der Waals surface area contributed by atoms with Crippen molar-refractivity contribution in [3.8, 4) is 5.75 Å². The number of carbonyl (C=O) groups is 1. The number of hydrogen-bond donors (Lipinski definition) is 3. The second-order valence-corrected chi connectivity index (χ2v) is 3.35. The monoisotopic (exact) mass is 227 g/mol. The van der Waals surface area contributed by atoms with Crippen molar-refractivity contribution in [2.75, 3.05) is 27.2 Å². The lowest BCUT2D eigenvalue weighted by Crippen LogP contribution is -2.15. The number of carboxylic acids is 1. The molecule has 0 aromatic heterocycles. The van der Waals surface area contributed by atoms with Crippen molar-refractivity contribution >= 4 is 5.97 Å². The van der Waals surface area contributed by atoms with Crippen LogP contribution in [0.25, 0.3) is 0 Å². The van der Waals surface area contributed by atoms with Gasteiger partial charge in [0, 0.05) is 6.54 Å². The topological polar surface area (TPSA) is 81.0 Å². The van der Waals surface area contributed by atoms with Gasteiger partial charge in [-0.3, -0.25) is 0 Å². The molecule has 0 amide bonds. The lowest BCUT2D eigenvalue weighted by molar-refractivity contribution is 0.0693. The molecule has 0 atom stereocenters. The van der Waals surface area contributed by atoms with Gasteiger partial charge >= 0.3 is 5.97 Å². The summed E-state index contributed by atoms with van der Waals surface area (Å²) < 4.78 is 0. The van der Waals surface area contributed by atoms with Crippen LogP contribution in [0, 0.1) is 0 Å². The molecule has 5 nitrogen and oxygen atoms in total. The number of benzene rings is 1. The van der Waals surface area contributed by atoms with Gasteiger partial charge in [0.15, 0.2) is 0 Å². The minimum Gasteiger partial charge on any atom is -0.507 e. The minimum absolute atomic E-state index is 0.0671. The number of likely N-dealkylation sites (N-methyl/N-ethyl adjacent to an activating group) is 1. The number of rotatable bonds is 3. The second-order valence-electron chi connectivity index (χ2n) is 3.35. The van der Waals surface area contributed by atoms with Gasteiger partial charge < -0.3 is 20.2 Å². The largest absolute Gasteiger partial charge is 0.507 e. The van der Waals surface area contributed by atoms with E-state index in [0.29, 0.717) is 0 Å². The van der Waals surface area contributed by atoms with Gasteiger partial charge in [0.2, 0.25) is 0 Å². The molecule has 0 spiro atoms. The van der Waals surface area contributed by atoms with Gasteiger partial charge in [-0.15, -0.1) is 0 Å². The van der Waals surface area contributed by atoms with E-state index in [2.05, 4.69) is 0 Å². The van der Waals surface area contributed by atoms with E-state index in [1.165, 1.54) is 12.1 Å². The standard InChI is InChI=1S/C7H6O3.C4H11NO/c8-6-4-2-1-3-5(6)7(9)10;1-5(2)3-4-6/h1-4,8H,(H,9,10);6H,3-4H2,1-2H3. The third-order valence-electron chi connectivity index (χ3n) is 1.68. The Bertz CT molecular complexity index is 326. The van der Waals surface area contributed by atoms with Crippen LogP contribution in [0.2, 0.25) is 0 Å². The molecule has 90 valence electrons. The van der Waals surface area contributed by atoms with Crippen LogP contribution in [-0.4, -0.2) is 53.4 Å². The van der Waals surface area contributed by atoms with Gasteiger partial charge in [-0.2, -0.15) is 0 Å². The Labute approximate surface area is 94.6 Å². The Balaban J connectivity index is 0.000000325. The molecule has 0 radical (unpaired) electrons. The number of nitrogens with zero attached hydrogens (tertiary/aromatic N) is 1. The van der Waals surface area contributed by atoms with Crippen LogP contribution in [0.5, 0.6) is 5.75 Å². The first-order valence-corrected chi connectivity index (χ1v) is 4.76. The van der Waals surface area contributed by atoms with Crippen LogP contribution in [0.15, 0.2) is 24.3 Å². The number of aromatic carboxylic acids is 1. The lowest BCUT2D eigenvalue weighted by atomic mass is 10.2. The molecule has 1 rings (SSSR count). The number of hydrogen-bond acceptors (Lipinski definition) is 4. The molecule has 1 aromatic carbocycles. The van der Waals surface area contributed by atoms with E-state index in [9.17, 15) is 4.79 Å². The van der Waals surface area contributed by atoms with Crippen LogP contribution < -0.4 is 0 Å². The van der Waals surface area contributed by atoms with Crippen LogP contribution in [0.1, 0.15) is 10.4 Å². The van der Waals surface area contributed by atoms with Crippen molar-refractivity contribution in [1.82, 2.24) is 4.90 Å². The highest BCUT2D eigenvalue weighted by Gasteiger charge is 2.05. The zero-order valence-electron chi connectivity index (χ0n) is 9.42. The Hall–Kier alpha value is -1.59. The first kappa shape index (κ1) is 14.4. The summed E-state index contributed by atoms with van der Waals surface area (Å²) in [5, 5.41) is 25.5. The zero-order valence-corrected chi connectivity index (χ0v) is 9.42. The normalized spacial score (nSPS) is 9.50. The highest BCUT2D eigenvalue weighted by Crippen LogP contribution is 2.14. The molecule has 0 saturated carbocycles. The molecule has 0 fully saturated rings. The van der Waals surface area contributed by atoms with Crippen molar-refractivity contribution in [2.24, 2.45) is 0 Å². The Morgan fingerprint density at radius 1 is 1.31 bits per heavy atom. The van der Waals surface area contributed by atoms with Gasteiger partial charge in [-0.25, -0.2) is 4.79 Å². The predicted molar refractivity (Wildman–Crippen MR) is 60.7 cm³/mol. The van der Waals surface area contributed by atoms with E-state index >= 15 is 0 Å². The van der Waals surface area contributed by atoms with Crippen molar-refractivity contribution in [3.05, 3.63) is 29.8 Å². The molecular weight excluding hydrogens is 210 g/mol. The molecule has 0 heterocycles. The molecule has 0 unspecified atom stereocenters. The predicted octanol–water partition coefficient (Wildman–Crippen LogP) is 0.631. The Morgan fingerprint density at radius 2 is 1.88 bits per heavy atom. The Morgan fingerprint density at radius 3 is 2.12 bits per heavy atom. The number of carboxylic acid groups (broad SMARTS) is 1. The molecule has 3 N–H and O–H groups in total. The van der Waals surface area contributed by atoms with Crippen LogP contribution in [0.4, 0.5) is 0 Å². The fraction of sp³-hybridized carbons (Fsp3) is 0.364. The average Bonchev–Trinajstić information content (AvgIpc) is 2.18. The molecule has 16 heavy (non-hydrogen) atoms. The number of aromatic hydroxyl groups is 1. The van der Waals surface area contributed by atoms with Crippen molar-refractivity contribution in [2.45, 2.75) is 0 Å². The van der Waals surface area contributed by atoms with Crippen molar-refractivity contribution in [1.29, 1.82) is 0 Å². The summed E-state index contributed by atoms with van der Waals surface area (Å²) in [7, 11) is 3.85. The smallest absolute Gasteiger partial charge is 0.339 e. The summed E-state index contributed by atoms with van der Waals surface area (Å²) in [5.74, 6) is -1.31. The number of phenols is 1. The van der Waals surface area contributed by atoms with Gasteiger partial charge in [0.1, 0.15) is 11.3 Å². The average molecular weight is 227 g/mol. The summed E-state index contributed by atoms with van der Waals surface area (Å²) in [4.78, 5) is 12.2. The first-order chi connectivity index (χ1) is 7.49. The van der Waals surface area contributed by atoms with Crippen molar-refractivity contribution < 1.29 is 20.1 Å². The van der Waals surface area contributed by atoms with Crippen LogP contribution >= 0.6 is 0 Å². The summed E-state index contributed by atoms with van der Waals surface area (Å²) >= 11 is 0. The molecular formula is C11H17NO4. The van der Waals surface area contributed by atoms with E-state index in [1.54, 1.807) is 12.1 Å². The van der Waals surface area contributed by atoms with E-state index in [4.69, 9.17) is 15.3 Å². The molecule has 0 aliphatic carbocycles. The summed E-state index contributed by atoms with van der Waals surface area (Å²) in [6.07, 6.45) is 0. The zero-order chi connectivity index (χ0) is 12.6. The summed E-state index contributed by atoms with van der Waals surface area (Å²) in [6, 6.07) is 5.81. The number of aliphatic hydroxyl groups is 1. The van der Waals surface area contributed by atoms with Crippen molar-refractivity contribution in [3.63, 3.8) is 0 Å². The maximum Gasteiger partial charge on any atom is 0.339 e. The second kappa shape index (κ2) is 7.67. The quantitative estimate of drug-likeness (QED) is 0.705. The fourth-order valence-corrected chi connectivity index (χ4v) is 0.854. The lowest BCUT2D eigenvalue weighted by Gasteiger charge is -2.03. The highest BCUT2D eigenvalue weighted by molar-refractivity contribution is 5.90. The first-order valence-electron chi connectivity index (χ1n) is 4.76.